The zero-order valence-electron chi connectivity index (χ0n) is 12.5. The number of esters is 1. The molecule has 0 amide bonds. The van der Waals surface area contributed by atoms with Gasteiger partial charge in [-0.05, 0) is 35.7 Å². The van der Waals surface area contributed by atoms with Crippen LogP contribution in [-0.2, 0) is 14.3 Å². The van der Waals surface area contributed by atoms with E-state index in [4.69, 9.17) is 9.47 Å². The molecule has 1 saturated heterocycles. The molecule has 1 heterocycles. The van der Waals surface area contributed by atoms with E-state index in [2.05, 4.69) is 27.0 Å². The standard InChI is InChI=1S/C16H24O4/c1-9(15(18)19-5)11-7-16(3,4)12(11)6-13(17)10(2)14-8-20-14/h11-14,17H,1-2,6-8H2,3-5H3/t11-,12+,13+,14?/m1/s1. The van der Waals surface area contributed by atoms with E-state index in [-0.39, 0.29) is 29.3 Å². The summed E-state index contributed by atoms with van der Waals surface area (Å²) in [5.74, 6) is -0.0611. The molecule has 1 aliphatic carbocycles. The second-order valence-corrected chi connectivity index (χ2v) is 6.57. The molecule has 0 spiro atoms. The highest BCUT2D eigenvalue weighted by molar-refractivity contribution is 5.88. The molecule has 1 aliphatic heterocycles. The van der Waals surface area contributed by atoms with Crippen LogP contribution in [0.2, 0.25) is 0 Å². The molecule has 0 aromatic carbocycles. The van der Waals surface area contributed by atoms with Gasteiger partial charge in [0.15, 0.2) is 0 Å². The van der Waals surface area contributed by atoms with Crippen molar-refractivity contribution in [3.63, 3.8) is 0 Å². The maximum atomic E-state index is 11.6. The second kappa shape index (κ2) is 5.34. The Bertz CT molecular complexity index is 434. The lowest BCUT2D eigenvalue weighted by atomic mass is 9.52. The number of hydrogen-bond acceptors (Lipinski definition) is 4. The average molecular weight is 280 g/mol. The third kappa shape index (κ3) is 2.81. The second-order valence-electron chi connectivity index (χ2n) is 6.57. The molecular weight excluding hydrogens is 256 g/mol. The molecule has 112 valence electrons. The van der Waals surface area contributed by atoms with Crippen LogP contribution in [0.15, 0.2) is 24.3 Å². The molecule has 4 atom stereocenters. The summed E-state index contributed by atoms with van der Waals surface area (Å²) in [5.41, 5.74) is 1.35. The predicted molar refractivity (Wildman–Crippen MR) is 76.0 cm³/mol. The van der Waals surface area contributed by atoms with Crippen molar-refractivity contribution in [3.05, 3.63) is 24.3 Å². The fraction of sp³-hybridized carbons (Fsp3) is 0.688. The van der Waals surface area contributed by atoms with Gasteiger partial charge in [0.05, 0.1) is 19.8 Å². The number of methoxy groups -OCH3 is 1. The van der Waals surface area contributed by atoms with Crippen LogP contribution in [-0.4, -0.2) is 37.0 Å². The molecule has 0 aromatic rings. The van der Waals surface area contributed by atoms with Crippen molar-refractivity contribution in [1.82, 2.24) is 0 Å². The first-order valence-electron chi connectivity index (χ1n) is 7.03. The van der Waals surface area contributed by atoms with Crippen molar-refractivity contribution in [1.29, 1.82) is 0 Å². The van der Waals surface area contributed by atoms with Gasteiger partial charge in [-0.15, -0.1) is 0 Å². The van der Waals surface area contributed by atoms with Crippen LogP contribution >= 0.6 is 0 Å². The van der Waals surface area contributed by atoms with Gasteiger partial charge >= 0.3 is 5.97 Å². The molecule has 0 bridgehead atoms. The Kier molecular flexibility index (Phi) is 4.07. The Hall–Kier alpha value is -1.13. The van der Waals surface area contributed by atoms with Crippen molar-refractivity contribution < 1.29 is 19.4 Å². The smallest absolute Gasteiger partial charge is 0.333 e. The number of ether oxygens (including phenoxy) is 2. The van der Waals surface area contributed by atoms with Crippen molar-refractivity contribution >= 4 is 5.97 Å². The Morgan fingerprint density at radius 1 is 1.50 bits per heavy atom. The first-order chi connectivity index (χ1) is 9.27. The summed E-state index contributed by atoms with van der Waals surface area (Å²) in [7, 11) is 1.37. The van der Waals surface area contributed by atoms with Gasteiger partial charge in [-0.2, -0.15) is 0 Å². The molecule has 2 rings (SSSR count). The number of hydrogen-bond donors (Lipinski definition) is 1. The van der Waals surface area contributed by atoms with Crippen LogP contribution in [0, 0.1) is 17.3 Å². The van der Waals surface area contributed by atoms with Gasteiger partial charge in [-0.25, -0.2) is 4.79 Å². The number of carbonyl (C=O) groups is 1. The number of aliphatic hydroxyl groups excluding tert-OH is 1. The maximum Gasteiger partial charge on any atom is 0.333 e. The van der Waals surface area contributed by atoms with Crippen LogP contribution in [0.4, 0.5) is 0 Å². The highest BCUT2D eigenvalue weighted by Crippen LogP contribution is 2.55. The lowest BCUT2D eigenvalue weighted by Crippen LogP contribution is -2.47. The molecule has 2 aliphatic rings. The van der Waals surface area contributed by atoms with E-state index in [0.717, 1.165) is 12.0 Å². The molecule has 0 aromatic heterocycles. The molecule has 2 fully saturated rings. The van der Waals surface area contributed by atoms with Gasteiger partial charge in [0.25, 0.3) is 0 Å². The lowest BCUT2D eigenvalue weighted by molar-refractivity contribution is -0.139. The van der Waals surface area contributed by atoms with Crippen LogP contribution in [0.3, 0.4) is 0 Å². The minimum Gasteiger partial charge on any atom is -0.466 e. The lowest BCUT2D eigenvalue weighted by Gasteiger charge is -2.52. The van der Waals surface area contributed by atoms with Gasteiger partial charge in [0.1, 0.15) is 6.10 Å². The van der Waals surface area contributed by atoms with Crippen molar-refractivity contribution in [2.75, 3.05) is 13.7 Å². The normalized spacial score (nSPS) is 31.9. The molecule has 1 unspecified atom stereocenters. The zero-order chi connectivity index (χ0) is 15.1. The molecule has 20 heavy (non-hydrogen) atoms. The predicted octanol–water partition coefficient (Wildman–Crippen LogP) is 2.08. The van der Waals surface area contributed by atoms with Gasteiger partial charge < -0.3 is 14.6 Å². The Balaban J connectivity index is 2.00. The minimum absolute atomic E-state index is 0.00967. The highest BCUT2D eigenvalue weighted by Gasteiger charge is 2.50. The zero-order valence-corrected chi connectivity index (χ0v) is 12.5. The summed E-state index contributed by atoms with van der Waals surface area (Å²) >= 11 is 0. The average Bonchev–Trinajstić information content (AvgIpc) is 3.24. The van der Waals surface area contributed by atoms with E-state index in [1.807, 2.05) is 0 Å². The van der Waals surface area contributed by atoms with Crippen molar-refractivity contribution in [2.45, 2.75) is 38.9 Å². The Labute approximate surface area is 120 Å². The van der Waals surface area contributed by atoms with Gasteiger partial charge in [0, 0.05) is 5.57 Å². The first kappa shape index (κ1) is 15.3. The van der Waals surface area contributed by atoms with Gasteiger partial charge in [0.2, 0.25) is 0 Å². The topological polar surface area (TPSA) is 59.1 Å². The Morgan fingerprint density at radius 2 is 2.10 bits per heavy atom. The summed E-state index contributed by atoms with van der Waals surface area (Å²) in [6.07, 6.45) is 0.910. The SMILES string of the molecule is C=C(C(=O)OC)[C@H]1CC(C)(C)[C@H]1C[C@H](O)C(=C)C1CO1. The summed E-state index contributed by atoms with van der Waals surface area (Å²) in [5, 5.41) is 10.3. The molecule has 4 nitrogen and oxygen atoms in total. The maximum absolute atomic E-state index is 11.6. The van der Waals surface area contributed by atoms with Crippen molar-refractivity contribution in [2.24, 2.45) is 17.3 Å². The number of rotatable bonds is 6. The van der Waals surface area contributed by atoms with E-state index < -0.39 is 6.10 Å². The fourth-order valence-corrected chi connectivity index (χ4v) is 3.25. The number of aliphatic hydroxyl groups is 1. The molecular formula is C16H24O4. The highest BCUT2D eigenvalue weighted by atomic mass is 16.6. The van der Waals surface area contributed by atoms with E-state index in [9.17, 15) is 9.90 Å². The molecule has 1 N–H and O–H groups in total. The van der Waals surface area contributed by atoms with Crippen LogP contribution < -0.4 is 0 Å². The number of epoxide rings is 1. The molecule has 1 saturated carbocycles. The van der Waals surface area contributed by atoms with E-state index >= 15 is 0 Å². The summed E-state index contributed by atoms with van der Waals surface area (Å²) < 4.78 is 9.90. The fourth-order valence-electron chi connectivity index (χ4n) is 3.25. The third-order valence-corrected chi connectivity index (χ3v) is 4.78. The quantitative estimate of drug-likeness (QED) is 0.350. The van der Waals surface area contributed by atoms with Gasteiger partial charge in [-0.3, -0.25) is 0 Å². The summed E-state index contributed by atoms with van der Waals surface area (Å²) in [6.45, 7) is 12.7. The molecule has 0 radical (unpaired) electrons. The van der Waals surface area contributed by atoms with Crippen LogP contribution in [0.1, 0.15) is 26.7 Å². The third-order valence-electron chi connectivity index (χ3n) is 4.78. The minimum atomic E-state index is -0.583. The van der Waals surface area contributed by atoms with Crippen molar-refractivity contribution in [3.8, 4) is 0 Å². The first-order valence-corrected chi connectivity index (χ1v) is 7.03. The number of carbonyl (C=O) groups excluding carboxylic acids is 1. The Morgan fingerprint density at radius 3 is 2.55 bits per heavy atom. The monoisotopic (exact) mass is 280 g/mol. The van der Waals surface area contributed by atoms with Gasteiger partial charge in [-0.1, -0.05) is 27.0 Å². The van der Waals surface area contributed by atoms with E-state index in [1.165, 1.54) is 7.11 Å². The molecule has 4 heteroatoms. The van der Waals surface area contributed by atoms with Crippen LogP contribution in [0.5, 0.6) is 0 Å². The van der Waals surface area contributed by atoms with E-state index in [1.54, 1.807) is 0 Å². The summed E-state index contributed by atoms with van der Waals surface area (Å²) in [6, 6.07) is 0. The van der Waals surface area contributed by atoms with E-state index in [0.29, 0.717) is 18.6 Å². The van der Waals surface area contributed by atoms with Crippen LogP contribution in [0.25, 0.3) is 0 Å². The largest absolute Gasteiger partial charge is 0.466 e. The summed E-state index contributed by atoms with van der Waals surface area (Å²) in [4.78, 5) is 11.6.